The second-order valence-electron chi connectivity index (χ2n) is 5.64. The summed E-state index contributed by atoms with van der Waals surface area (Å²) in [7, 11) is 2.91. The number of aliphatic hydroxyl groups is 2. The molecule has 0 radical (unpaired) electrons. The van der Waals surface area contributed by atoms with E-state index in [0.29, 0.717) is 22.3 Å². The Labute approximate surface area is 127 Å². The van der Waals surface area contributed by atoms with E-state index in [4.69, 9.17) is 13.9 Å². The summed E-state index contributed by atoms with van der Waals surface area (Å²) in [6.07, 6.45) is -1.97. The van der Waals surface area contributed by atoms with Crippen molar-refractivity contribution in [3.8, 4) is 5.75 Å². The summed E-state index contributed by atoms with van der Waals surface area (Å²) in [5, 5.41) is 21.0. The van der Waals surface area contributed by atoms with Crippen LogP contribution < -0.4 is 10.4 Å². The van der Waals surface area contributed by atoms with Crippen LogP contribution in [-0.2, 0) is 4.74 Å². The predicted octanol–water partition coefficient (Wildman–Crippen LogP) is 1.62. The van der Waals surface area contributed by atoms with Crippen LogP contribution in [0.1, 0.15) is 25.5 Å². The summed E-state index contributed by atoms with van der Waals surface area (Å²) in [6.45, 7) is 2.99. The molecule has 1 aromatic heterocycles. The Morgan fingerprint density at radius 2 is 1.91 bits per heavy atom. The molecule has 2 N–H and O–H groups in total. The normalized spacial score (nSPS) is 14.8. The van der Waals surface area contributed by atoms with Crippen molar-refractivity contribution < 1.29 is 24.1 Å². The molecule has 0 fully saturated rings. The van der Waals surface area contributed by atoms with Gasteiger partial charge in [0.2, 0.25) is 0 Å². The van der Waals surface area contributed by atoms with Gasteiger partial charge in [-0.25, -0.2) is 4.79 Å². The molecule has 0 spiro atoms. The van der Waals surface area contributed by atoms with Gasteiger partial charge in [-0.05, 0) is 26.0 Å². The van der Waals surface area contributed by atoms with Crippen LogP contribution in [-0.4, -0.2) is 36.1 Å². The van der Waals surface area contributed by atoms with Crippen molar-refractivity contribution in [2.45, 2.75) is 31.7 Å². The summed E-state index contributed by atoms with van der Waals surface area (Å²) in [4.78, 5) is 11.3. The quantitative estimate of drug-likeness (QED) is 0.816. The Morgan fingerprint density at radius 1 is 1.23 bits per heavy atom. The highest BCUT2D eigenvalue weighted by Crippen LogP contribution is 2.36. The molecule has 1 aromatic carbocycles. The lowest BCUT2D eigenvalue weighted by atomic mass is 9.91. The lowest BCUT2D eigenvalue weighted by Gasteiger charge is -2.31. The number of benzene rings is 1. The number of fused-ring (bicyclic) bond motifs is 1. The summed E-state index contributed by atoms with van der Waals surface area (Å²) in [5.41, 5.74) is -0.882. The van der Waals surface area contributed by atoms with Gasteiger partial charge in [-0.1, -0.05) is 0 Å². The van der Waals surface area contributed by atoms with E-state index in [0.717, 1.165) is 0 Å². The highest BCUT2D eigenvalue weighted by atomic mass is 16.5. The summed E-state index contributed by atoms with van der Waals surface area (Å²) < 4.78 is 15.8. The van der Waals surface area contributed by atoms with Crippen LogP contribution in [0, 0.1) is 0 Å². The minimum atomic E-state index is -1.36. The van der Waals surface area contributed by atoms with Gasteiger partial charge in [0.1, 0.15) is 23.5 Å². The van der Waals surface area contributed by atoms with E-state index >= 15 is 0 Å². The molecule has 0 aliphatic rings. The molecule has 22 heavy (non-hydrogen) atoms. The fourth-order valence-electron chi connectivity index (χ4n) is 2.31. The summed E-state index contributed by atoms with van der Waals surface area (Å²) in [5.74, 6) is 0.400. The van der Waals surface area contributed by atoms with Crippen molar-refractivity contribution in [2.75, 3.05) is 14.2 Å². The van der Waals surface area contributed by atoms with Gasteiger partial charge in [-0.3, -0.25) is 0 Å². The molecular formula is C16H20O6. The molecule has 0 amide bonds. The zero-order valence-corrected chi connectivity index (χ0v) is 13.0. The molecule has 0 saturated heterocycles. The van der Waals surface area contributed by atoms with Crippen LogP contribution in [0.15, 0.2) is 33.5 Å². The molecule has 120 valence electrons. The molecule has 6 heteroatoms. The van der Waals surface area contributed by atoms with E-state index in [1.54, 1.807) is 18.2 Å². The Bertz CT molecular complexity index is 713. The summed E-state index contributed by atoms with van der Waals surface area (Å²) >= 11 is 0. The van der Waals surface area contributed by atoms with Gasteiger partial charge in [0.05, 0.1) is 12.7 Å². The molecule has 2 atom stereocenters. The van der Waals surface area contributed by atoms with E-state index in [-0.39, 0.29) is 0 Å². The number of rotatable bonds is 5. The maximum atomic E-state index is 11.3. The first kappa shape index (κ1) is 16.5. The molecule has 0 bridgehead atoms. The van der Waals surface area contributed by atoms with Gasteiger partial charge >= 0.3 is 5.63 Å². The van der Waals surface area contributed by atoms with Crippen molar-refractivity contribution in [1.29, 1.82) is 0 Å². The largest absolute Gasteiger partial charge is 0.496 e. The highest BCUT2D eigenvalue weighted by molar-refractivity contribution is 5.79. The molecule has 0 aliphatic heterocycles. The van der Waals surface area contributed by atoms with Crippen LogP contribution in [0.4, 0.5) is 0 Å². The molecule has 2 rings (SSSR count). The zero-order valence-electron chi connectivity index (χ0n) is 13.0. The minimum absolute atomic E-state index is 0.376. The van der Waals surface area contributed by atoms with Crippen molar-refractivity contribution in [2.24, 2.45) is 0 Å². The Hall–Kier alpha value is -1.89. The van der Waals surface area contributed by atoms with Crippen LogP contribution in [0.5, 0.6) is 5.75 Å². The van der Waals surface area contributed by atoms with E-state index in [9.17, 15) is 15.0 Å². The molecule has 1 heterocycles. The van der Waals surface area contributed by atoms with E-state index in [1.165, 1.54) is 34.1 Å². The Kier molecular flexibility index (Phi) is 4.55. The zero-order chi connectivity index (χ0) is 16.5. The fourth-order valence-corrected chi connectivity index (χ4v) is 2.31. The third-order valence-electron chi connectivity index (χ3n) is 3.54. The average Bonchev–Trinajstić information content (AvgIpc) is 2.46. The molecule has 6 nitrogen and oxygen atoms in total. The Balaban J connectivity index is 2.61. The first-order valence-corrected chi connectivity index (χ1v) is 6.83. The Morgan fingerprint density at radius 3 is 2.45 bits per heavy atom. The van der Waals surface area contributed by atoms with Crippen LogP contribution >= 0.6 is 0 Å². The lowest BCUT2D eigenvalue weighted by molar-refractivity contribution is -0.119. The summed E-state index contributed by atoms with van der Waals surface area (Å²) in [6, 6.07) is 6.20. The number of methoxy groups -OCH3 is 2. The number of hydrogen-bond donors (Lipinski definition) is 2. The van der Waals surface area contributed by atoms with E-state index in [2.05, 4.69) is 0 Å². The number of aliphatic hydroxyl groups excluding tert-OH is 1. The first-order chi connectivity index (χ1) is 10.3. The molecule has 0 aliphatic carbocycles. The third kappa shape index (κ3) is 3.14. The molecule has 0 saturated carbocycles. The van der Waals surface area contributed by atoms with Gasteiger partial charge in [-0.2, -0.15) is 0 Å². The van der Waals surface area contributed by atoms with Crippen molar-refractivity contribution in [3.63, 3.8) is 0 Å². The minimum Gasteiger partial charge on any atom is -0.496 e. The van der Waals surface area contributed by atoms with Gasteiger partial charge < -0.3 is 24.1 Å². The molecule has 2 unspecified atom stereocenters. The lowest BCUT2D eigenvalue weighted by Crippen LogP contribution is -2.41. The monoisotopic (exact) mass is 308 g/mol. The van der Waals surface area contributed by atoms with E-state index in [1.807, 2.05) is 0 Å². The number of ether oxygens (including phenoxy) is 2. The van der Waals surface area contributed by atoms with Crippen molar-refractivity contribution in [1.82, 2.24) is 0 Å². The smallest absolute Gasteiger partial charge is 0.336 e. The van der Waals surface area contributed by atoms with Crippen LogP contribution in [0.2, 0.25) is 0 Å². The van der Waals surface area contributed by atoms with Crippen molar-refractivity contribution in [3.05, 3.63) is 40.2 Å². The number of hydrogen-bond acceptors (Lipinski definition) is 6. The second-order valence-corrected chi connectivity index (χ2v) is 5.64. The molecular weight excluding hydrogens is 288 g/mol. The topological polar surface area (TPSA) is 89.1 Å². The predicted molar refractivity (Wildman–Crippen MR) is 81.1 cm³/mol. The maximum Gasteiger partial charge on any atom is 0.336 e. The standard InChI is InChI=1S/C16H20O6/c1-16(2,19)15(18)14(21-4)10-7-9-5-6-13(17)22-11(9)8-12(10)20-3/h5-8,14-15,18-19H,1-4H3. The highest BCUT2D eigenvalue weighted by Gasteiger charge is 2.35. The third-order valence-corrected chi connectivity index (χ3v) is 3.54. The van der Waals surface area contributed by atoms with E-state index < -0.39 is 23.4 Å². The van der Waals surface area contributed by atoms with Crippen molar-refractivity contribution >= 4 is 11.0 Å². The maximum absolute atomic E-state index is 11.3. The second kappa shape index (κ2) is 6.08. The van der Waals surface area contributed by atoms with Gasteiger partial charge in [0.15, 0.2) is 0 Å². The average molecular weight is 308 g/mol. The van der Waals surface area contributed by atoms with Gasteiger partial charge in [0, 0.05) is 30.2 Å². The fraction of sp³-hybridized carbons (Fsp3) is 0.438. The SMILES string of the molecule is COc1cc2oc(=O)ccc2cc1C(OC)C(O)C(C)(C)O. The van der Waals surface area contributed by atoms with Gasteiger partial charge in [-0.15, -0.1) is 0 Å². The van der Waals surface area contributed by atoms with Gasteiger partial charge in [0.25, 0.3) is 0 Å². The van der Waals surface area contributed by atoms with Crippen LogP contribution in [0.3, 0.4) is 0 Å². The first-order valence-electron chi connectivity index (χ1n) is 6.83. The molecule has 2 aromatic rings. The van der Waals surface area contributed by atoms with Crippen LogP contribution in [0.25, 0.3) is 11.0 Å².